The molecule has 2 atom stereocenters. The molecular formula is C16H34O3SSi. The number of carbonyl (C=O) groups excluding carboxylic acids is 1. The Morgan fingerprint density at radius 1 is 1.29 bits per heavy atom. The van der Waals surface area contributed by atoms with Crippen LogP contribution in [0.4, 0.5) is 0 Å². The molecule has 0 aliphatic rings. The van der Waals surface area contributed by atoms with Crippen molar-refractivity contribution in [3.8, 4) is 0 Å². The Morgan fingerprint density at radius 3 is 2.33 bits per heavy atom. The van der Waals surface area contributed by atoms with Crippen molar-refractivity contribution in [2.75, 3.05) is 5.75 Å². The molecule has 126 valence electrons. The Bertz CT molecular complexity index is 313. The first kappa shape index (κ1) is 21.2. The number of aliphatic hydroxyl groups excluding tert-OH is 1. The van der Waals surface area contributed by atoms with Crippen molar-refractivity contribution in [2.24, 2.45) is 0 Å². The number of rotatable bonds is 9. The Hall–Kier alpha value is 0.157. The van der Waals surface area contributed by atoms with Gasteiger partial charge >= 0.3 is 0 Å². The minimum Gasteiger partial charge on any atom is -0.414 e. The highest BCUT2D eigenvalue weighted by Crippen LogP contribution is 2.37. The monoisotopic (exact) mass is 334 g/mol. The quantitative estimate of drug-likeness (QED) is 0.626. The summed E-state index contributed by atoms with van der Waals surface area (Å²) in [5, 5.41) is 10.2. The standard InChI is InChI=1S/C16H34O3SSi/c1-8-20-15(18)12-14(17)11-9-10-13(2)19-21(6,7)16(3,4)5/h13-14,17H,8-12H2,1-7H3/t13-,14+/m1/s1. The second kappa shape index (κ2) is 9.33. The largest absolute Gasteiger partial charge is 0.414 e. The topological polar surface area (TPSA) is 46.5 Å². The van der Waals surface area contributed by atoms with Crippen LogP contribution >= 0.6 is 11.8 Å². The van der Waals surface area contributed by atoms with E-state index >= 15 is 0 Å². The summed E-state index contributed by atoms with van der Waals surface area (Å²) in [7, 11) is -1.70. The minimum atomic E-state index is -1.70. The smallest absolute Gasteiger partial charge is 0.192 e. The molecule has 0 aromatic rings. The van der Waals surface area contributed by atoms with Crippen molar-refractivity contribution >= 4 is 25.2 Å². The lowest BCUT2D eigenvalue weighted by atomic mass is 10.1. The molecule has 0 bridgehead atoms. The van der Waals surface area contributed by atoms with E-state index in [1.807, 2.05) is 6.92 Å². The number of hydrogen-bond acceptors (Lipinski definition) is 4. The van der Waals surface area contributed by atoms with Gasteiger partial charge in [0.05, 0.1) is 6.10 Å². The molecular weight excluding hydrogens is 300 g/mol. The normalized spacial score (nSPS) is 15.8. The number of aliphatic hydroxyl groups is 1. The molecule has 0 heterocycles. The highest BCUT2D eigenvalue weighted by Gasteiger charge is 2.38. The van der Waals surface area contributed by atoms with Gasteiger partial charge in [-0.3, -0.25) is 4.79 Å². The van der Waals surface area contributed by atoms with Gasteiger partial charge in [-0.05, 0) is 50.1 Å². The van der Waals surface area contributed by atoms with E-state index in [4.69, 9.17) is 4.43 Å². The summed E-state index contributed by atoms with van der Waals surface area (Å²) in [6.07, 6.45) is 2.52. The van der Waals surface area contributed by atoms with Crippen LogP contribution in [-0.4, -0.2) is 36.5 Å². The summed E-state index contributed by atoms with van der Waals surface area (Å²) >= 11 is 1.29. The number of hydrogen-bond donors (Lipinski definition) is 1. The van der Waals surface area contributed by atoms with Crippen LogP contribution in [0.1, 0.15) is 60.3 Å². The van der Waals surface area contributed by atoms with Gasteiger partial charge in [-0.1, -0.05) is 39.5 Å². The fourth-order valence-electron chi connectivity index (χ4n) is 1.89. The van der Waals surface area contributed by atoms with Crippen molar-refractivity contribution in [1.82, 2.24) is 0 Å². The van der Waals surface area contributed by atoms with Gasteiger partial charge in [0.15, 0.2) is 13.4 Å². The van der Waals surface area contributed by atoms with E-state index in [9.17, 15) is 9.90 Å². The maximum Gasteiger partial charge on any atom is 0.192 e. The van der Waals surface area contributed by atoms with E-state index in [1.54, 1.807) is 0 Å². The van der Waals surface area contributed by atoms with Gasteiger partial charge in [0.2, 0.25) is 0 Å². The van der Waals surface area contributed by atoms with Crippen molar-refractivity contribution in [3.05, 3.63) is 0 Å². The van der Waals surface area contributed by atoms with Gasteiger partial charge < -0.3 is 9.53 Å². The molecule has 0 rings (SSSR count). The van der Waals surface area contributed by atoms with Crippen molar-refractivity contribution in [2.45, 2.75) is 90.6 Å². The zero-order valence-electron chi connectivity index (χ0n) is 14.9. The van der Waals surface area contributed by atoms with Crippen LogP contribution in [0, 0.1) is 0 Å². The average Bonchev–Trinajstić information content (AvgIpc) is 2.26. The third-order valence-corrected chi connectivity index (χ3v) is 9.54. The molecule has 0 radical (unpaired) electrons. The molecule has 1 N–H and O–H groups in total. The first-order valence-corrected chi connectivity index (χ1v) is 11.9. The summed E-state index contributed by atoms with van der Waals surface area (Å²) in [4.78, 5) is 11.4. The molecule has 0 aliphatic carbocycles. The number of carbonyl (C=O) groups is 1. The molecule has 0 fully saturated rings. The molecule has 3 nitrogen and oxygen atoms in total. The first-order chi connectivity index (χ1) is 9.49. The van der Waals surface area contributed by atoms with Gasteiger partial charge in [0.1, 0.15) is 0 Å². The minimum absolute atomic E-state index is 0.0931. The summed E-state index contributed by atoms with van der Waals surface area (Å²) in [5.74, 6) is 0.781. The van der Waals surface area contributed by atoms with E-state index in [0.717, 1.165) is 18.6 Å². The van der Waals surface area contributed by atoms with Gasteiger partial charge in [0, 0.05) is 12.5 Å². The molecule has 0 spiro atoms. The van der Waals surface area contributed by atoms with Crippen LogP contribution in [-0.2, 0) is 9.22 Å². The highest BCUT2D eigenvalue weighted by molar-refractivity contribution is 8.13. The van der Waals surface area contributed by atoms with E-state index in [-0.39, 0.29) is 22.7 Å². The molecule has 0 saturated heterocycles. The van der Waals surface area contributed by atoms with Gasteiger partial charge in [-0.2, -0.15) is 0 Å². The lowest BCUT2D eigenvalue weighted by molar-refractivity contribution is -0.112. The van der Waals surface area contributed by atoms with Crippen LogP contribution in [0.25, 0.3) is 0 Å². The van der Waals surface area contributed by atoms with E-state index in [2.05, 4.69) is 40.8 Å². The summed E-state index contributed by atoms with van der Waals surface area (Å²) < 4.78 is 6.29. The maximum absolute atomic E-state index is 11.4. The third kappa shape index (κ3) is 9.01. The van der Waals surface area contributed by atoms with E-state index in [1.165, 1.54) is 11.8 Å². The summed E-state index contributed by atoms with van der Waals surface area (Å²) in [6, 6.07) is 0. The molecule has 0 aromatic carbocycles. The number of thioether (sulfide) groups is 1. The fourth-order valence-corrected chi connectivity index (χ4v) is 4.00. The lowest BCUT2D eigenvalue weighted by Crippen LogP contribution is -2.43. The van der Waals surface area contributed by atoms with Gasteiger partial charge in [-0.15, -0.1) is 0 Å². The molecule has 0 aromatic heterocycles. The maximum atomic E-state index is 11.4. The summed E-state index contributed by atoms with van der Waals surface area (Å²) in [5.41, 5.74) is 0. The van der Waals surface area contributed by atoms with Crippen LogP contribution in [0.3, 0.4) is 0 Å². The SMILES string of the molecule is CCSC(=O)C[C@@H](O)CCC[C@@H](C)O[Si](C)(C)C(C)(C)C. The van der Waals surface area contributed by atoms with E-state index < -0.39 is 14.4 Å². The second-order valence-corrected chi connectivity index (χ2v) is 13.4. The van der Waals surface area contributed by atoms with Crippen LogP contribution < -0.4 is 0 Å². The molecule has 0 saturated carbocycles. The van der Waals surface area contributed by atoms with Crippen LogP contribution in [0.15, 0.2) is 0 Å². The molecule has 21 heavy (non-hydrogen) atoms. The van der Waals surface area contributed by atoms with Crippen molar-refractivity contribution in [3.63, 3.8) is 0 Å². The molecule has 0 aliphatic heterocycles. The molecule has 0 amide bonds. The Labute approximate surface area is 136 Å². The fraction of sp³-hybridized carbons (Fsp3) is 0.938. The Morgan fingerprint density at radius 2 is 1.86 bits per heavy atom. The van der Waals surface area contributed by atoms with Gasteiger partial charge in [-0.25, -0.2) is 0 Å². The third-order valence-electron chi connectivity index (χ3n) is 4.16. The van der Waals surface area contributed by atoms with Crippen LogP contribution in [0.5, 0.6) is 0 Å². The van der Waals surface area contributed by atoms with E-state index in [0.29, 0.717) is 6.42 Å². The molecule has 5 heteroatoms. The highest BCUT2D eigenvalue weighted by atomic mass is 32.2. The Balaban J connectivity index is 3.99. The summed E-state index contributed by atoms with van der Waals surface area (Å²) in [6.45, 7) is 15.3. The predicted molar refractivity (Wildman–Crippen MR) is 95.4 cm³/mol. The van der Waals surface area contributed by atoms with Gasteiger partial charge in [0.25, 0.3) is 0 Å². The van der Waals surface area contributed by atoms with Crippen LogP contribution in [0.2, 0.25) is 18.1 Å². The predicted octanol–water partition coefficient (Wildman–Crippen LogP) is 4.60. The van der Waals surface area contributed by atoms with Crippen molar-refractivity contribution < 1.29 is 14.3 Å². The first-order valence-electron chi connectivity index (χ1n) is 8.01. The second-order valence-electron chi connectivity index (χ2n) is 7.28. The Kier molecular flexibility index (Phi) is 9.40. The lowest BCUT2D eigenvalue weighted by Gasteiger charge is -2.38. The molecule has 0 unspecified atom stereocenters. The zero-order chi connectivity index (χ0) is 16.7. The van der Waals surface area contributed by atoms with Crippen molar-refractivity contribution in [1.29, 1.82) is 0 Å². The zero-order valence-corrected chi connectivity index (χ0v) is 16.7. The average molecular weight is 335 g/mol.